The molecule has 1 aromatic rings. The zero-order valence-electron chi connectivity index (χ0n) is 16.0. The molecule has 2 aliphatic carbocycles. The molecule has 0 aromatic heterocycles. The molecule has 26 heavy (non-hydrogen) atoms. The van der Waals surface area contributed by atoms with E-state index in [1.165, 1.54) is 31.2 Å². The summed E-state index contributed by atoms with van der Waals surface area (Å²) in [5.74, 6) is 3.30. The molecular weight excluding hydrogens is 324 g/mol. The summed E-state index contributed by atoms with van der Waals surface area (Å²) in [5.41, 5.74) is 1.19. The number of rotatable bonds is 6. The second-order valence-corrected chi connectivity index (χ2v) is 8.27. The van der Waals surface area contributed by atoms with Gasteiger partial charge < -0.3 is 9.64 Å². The molecule has 1 aliphatic heterocycles. The quantitative estimate of drug-likeness (QED) is 0.733. The van der Waals surface area contributed by atoms with Crippen LogP contribution in [0.25, 0.3) is 0 Å². The first-order chi connectivity index (χ1) is 12.7. The third-order valence-electron chi connectivity index (χ3n) is 6.60. The van der Waals surface area contributed by atoms with Crippen LogP contribution in [0.2, 0.25) is 0 Å². The van der Waals surface area contributed by atoms with Crippen LogP contribution in [0.1, 0.15) is 37.7 Å². The zero-order valence-corrected chi connectivity index (χ0v) is 16.0. The van der Waals surface area contributed by atoms with E-state index in [-0.39, 0.29) is 0 Å². The number of nitrogens with zero attached hydrogens (tertiary/aromatic N) is 2. The zero-order chi connectivity index (χ0) is 17.9. The van der Waals surface area contributed by atoms with Gasteiger partial charge in [0.25, 0.3) is 0 Å². The van der Waals surface area contributed by atoms with Crippen molar-refractivity contribution >= 4 is 5.91 Å². The molecule has 0 bridgehead atoms. The summed E-state index contributed by atoms with van der Waals surface area (Å²) in [6, 6.07) is 8.19. The van der Waals surface area contributed by atoms with E-state index in [1.807, 2.05) is 18.2 Å². The molecule has 1 heterocycles. The van der Waals surface area contributed by atoms with Gasteiger partial charge >= 0.3 is 0 Å². The molecule has 0 N–H and O–H groups in total. The van der Waals surface area contributed by atoms with E-state index in [0.29, 0.717) is 11.8 Å². The number of aryl methyl sites for hydroxylation is 1. The van der Waals surface area contributed by atoms with Crippen molar-refractivity contribution in [1.82, 2.24) is 9.80 Å². The van der Waals surface area contributed by atoms with Gasteiger partial charge in [0.05, 0.1) is 6.61 Å². The Balaban J connectivity index is 1.14. The van der Waals surface area contributed by atoms with E-state index in [1.54, 1.807) is 0 Å². The largest absolute Gasteiger partial charge is 0.493 e. The van der Waals surface area contributed by atoms with E-state index >= 15 is 0 Å². The van der Waals surface area contributed by atoms with Crippen LogP contribution in [0.15, 0.2) is 24.3 Å². The molecule has 1 amide bonds. The van der Waals surface area contributed by atoms with Crippen LogP contribution in [0.4, 0.5) is 0 Å². The molecule has 1 aromatic carbocycles. The Morgan fingerprint density at radius 2 is 1.77 bits per heavy atom. The lowest BCUT2D eigenvalue weighted by molar-refractivity contribution is -0.135. The summed E-state index contributed by atoms with van der Waals surface area (Å²) >= 11 is 0. The first-order valence-electron chi connectivity index (χ1n) is 10.4. The lowest BCUT2D eigenvalue weighted by Gasteiger charge is -2.35. The van der Waals surface area contributed by atoms with Crippen molar-refractivity contribution in [1.29, 1.82) is 0 Å². The number of carbonyl (C=O) groups excluding carboxylic acids is 1. The lowest BCUT2D eigenvalue weighted by Crippen LogP contribution is -2.49. The second kappa shape index (κ2) is 7.99. The number of ether oxygens (including phenoxy) is 1. The number of piperazine rings is 1. The normalized spacial score (nSPS) is 28.5. The number of fused-ring (bicyclic) bond motifs is 1. The Bertz CT molecular complexity index is 612. The molecule has 4 nitrogen and oxygen atoms in total. The van der Waals surface area contributed by atoms with Gasteiger partial charge in [0.1, 0.15) is 5.75 Å². The van der Waals surface area contributed by atoms with Gasteiger partial charge in [-0.3, -0.25) is 9.69 Å². The molecule has 142 valence electrons. The Labute approximate surface area is 157 Å². The second-order valence-electron chi connectivity index (χ2n) is 8.27. The lowest BCUT2D eigenvalue weighted by atomic mass is 10.0. The van der Waals surface area contributed by atoms with Crippen molar-refractivity contribution in [3.05, 3.63) is 29.8 Å². The van der Waals surface area contributed by atoms with Crippen LogP contribution >= 0.6 is 0 Å². The Morgan fingerprint density at radius 1 is 1.08 bits per heavy atom. The predicted octanol–water partition coefficient (Wildman–Crippen LogP) is 3.34. The minimum atomic E-state index is 0.381. The molecule has 4 rings (SSSR count). The van der Waals surface area contributed by atoms with E-state index in [0.717, 1.165) is 63.3 Å². The van der Waals surface area contributed by atoms with Gasteiger partial charge in [0.2, 0.25) is 5.91 Å². The maximum atomic E-state index is 12.8. The number of carbonyl (C=O) groups is 1. The first kappa shape index (κ1) is 17.8. The molecule has 3 atom stereocenters. The monoisotopic (exact) mass is 356 g/mol. The van der Waals surface area contributed by atoms with Crippen molar-refractivity contribution in [3.63, 3.8) is 0 Å². The van der Waals surface area contributed by atoms with Gasteiger partial charge in [-0.15, -0.1) is 0 Å². The number of amides is 1. The van der Waals surface area contributed by atoms with Crippen LogP contribution in [0.3, 0.4) is 0 Å². The van der Waals surface area contributed by atoms with Crippen molar-refractivity contribution in [3.8, 4) is 5.75 Å². The molecule has 0 radical (unpaired) electrons. The summed E-state index contributed by atoms with van der Waals surface area (Å²) in [5, 5.41) is 0. The fourth-order valence-electron chi connectivity index (χ4n) is 4.95. The van der Waals surface area contributed by atoms with E-state index in [2.05, 4.69) is 22.8 Å². The van der Waals surface area contributed by atoms with Crippen LogP contribution in [-0.4, -0.2) is 55.0 Å². The molecule has 2 saturated carbocycles. The van der Waals surface area contributed by atoms with E-state index in [9.17, 15) is 4.79 Å². The highest BCUT2D eigenvalue weighted by atomic mass is 16.5. The molecule has 0 spiro atoms. The third kappa shape index (κ3) is 3.90. The van der Waals surface area contributed by atoms with Gasteiger partial charge in [-0.2, -0.15) is 0 Å². The Morgan fingerprint density at radius 3 is 2.46 bits per heavy atom. The Hall–Kier alpha value is -1.55. The summed E-state index contributed by atoms with van der Waals surface area (Å²) < 4.78 is 5.89. The van der Waals surface area contributed by atoms with Crippen LogP contribution in [0, 0.1) is 24.7 Å². The average Bonchev–Trinajstić information content (AvgIpc) is 3.41. The highest BCUT2D eigenvalue weighted by Gasteiger charge is 2.55. The molecular formula is C22H32N2O2. The molecule has 4 heteroatoms. The van der Waals surface area contributed by atoms with Crippen molar-refractivity contribution in [2.75, 3.05) is 39.3 Å². The number of benzene rings is 1. The number of para-hydroxylation sites is 1. The summed E-state index contributed by atoms with van der Waals surface area (Å²) in [7, 11) is 0. The smallest absolute Gasteiger partial charge is 0.226 e. The fourth-order valence-corrected chi connectivity index (χ4v) is 4.95. The molecule has 1 unspecified atom stereocenters. The van der Waals surface area contributed by atoms with E-state index in [4.69, 9.17) is 4.74 Å². The van der Waals surface area contributed by atoms with Gasteiger partial charge in [0, 0.05) is 38.6 Å². The van der Waals surface area contributed by atoms with Crippen LogP contribution in [-0.2, 0) is 4.79 Å². The molecule has 1 saturated heterocycles. The van der Waals surface area contributed by atoms with E-state index < -0.39 is 0 Å². The SMILES string of the molecule is Cc1ccccc1OCCCN1CCN(C(=O)C2[C@H]3CCCC[C@@H]23)CC1. The molecule has 3 fully saturated rings. The molecule has 3 aliphatic rings. The van der Waals surface area contributed by atoms with Gasteiger partial charge in [-0.05, 0) is 49.7 Å². The van der Waals surface area contributed by atoms with Crippen LogP contribution in [0.5, 0.6) is 5.75 Å². The summed E-state index contributed by atoms with van der Waals surface area (Å²) in [6.45, 7) is 7.75. The van der Waals surface area contributed by atoms with Crippen LogP contribution < -0.4 is 4.74 Å². The minimum absolute atomic E-state index is 0.381. The first-order valence-corrected chi connectivity index (χ1v) is 10.4. The van der Waals surface area contributed by atoms with Crippen molar-refractivity contribution in [2.45, 2.75) is 39.0 Å². The topological polar surface area (TPSA) is 32.8 Å². The van der Waals surface area contributed by atoms with Crippen molar-refractivity contribution in [2.24, 2.45) is 17.8 Å². The van der Waals surface area contributed by atoms with Gasteiger partial charge in [-0.1, -0.05) is 31.0 Å². The fraction of sp³-hybridized carbons (Fsp3) is 0.682. The predicted molar refractivity (Wildman–Crippen MR) is 103 cm³/mol. The van der Waals surface area contributed by atoms with Crippen molar-refractivity contribution < 1.29 is 9.53 Å². The minimum Gasteiger partial charge on any atom is -0.493 e. The van der Waals surface area contributed by atoms with Gasteiger partial charge in [0.15, 0.2) is 0 Å². The maximum Gasteiger partial charge on any atom is 0.226 e. The Kier molecular flexibility index (Phi) is 5.49. The summed E-state index contributed by atoms with van der Waals surface area (Å²) in [4.78, 5) is 17.4. The van der Waals surface area contributed by atoms with Gasteiger partial charge in [-0.25, -0.2) is 0 Å². The highest BCUT2D eigenvalue weighted by molar-refractivity contribution is 5.82. The highest BCUT2D eigenvalue weighted by Crippen LogP contribution is 2.56. The number of hydrogen-bond donors (Lipinski definition) is 0. The average molecular weight is 357 g/mol. The number of hydrogen-bond acceptors (Lipinski definition) is 3. The third-order valence-corrected chi connectivity index (χ3v) is 6.60. The standard InChI is InChI=1S/C22H32N2O2/c1-17-7-2-5-10-20(17)26-16-6-11-23-12-14-24(15-13-23)22(25)21-18-8-3-4-9-19(18)21/h2,5,7,10,18-19,21H,3-4,6,8-9,11-16H2,1H3/t18-,19+,21?. The maximum absolute atomic E-state index is 12.8. The summed E-state index contributed by atoms with van der Waals surface area (Å²) in [6.07, 6.45) is 6.30.